The zero-order valence-corrected chi connectivity index (χ0v) is 19.7. The summed E-state index contributed by atoms with van der Waals surface area (Å²) in [5.74, 6) is 0.525. The minimum Gasteiger partial charge on any atom is -0.507 e. The first-order valence-corrected chi connectivity index (χ1v) is 11.2. The number of hydrogen-bond donors (Lipinski definition) is 2. The molecule has 0 heterocycles. The van der Waals surface area contributed by atoms with Gasteiger partial charge in [-0.3, -0.25) is 9.98 Å². The van der Waals surface area contributed by atoms with Gasteiger partial charge in [-0.15, -0.1) is 0 Å². The van der Waals surface area contributed by atoms with Crippen LogP contribution in [0.15, 0.2) is 46.4 Å². The summed E-state index contributed by atoms with van der Waals surface area (Å²) in [6.45, 7) is 13.0. The predicted molar refractivity (Wildman–Crippen MR) is 130 cm³/mol. The maximum absolute atomic E-state index is 10.2. The van der Waals surface area contributed by atoms with Gasteiger partial charge >= 0.3 is 0 Å². The van der Waals surface area contributed by atoms with Gasteiger partial charge in [-0.2, -0.15) is 0 Å². The Balaban J connectivity index is 1.67. The molecule has 1 saturated carbocycles. The molecular formula is C27H36N2O2. The summed E-state index contributed by atoms with van der Waals surface area (Å²) in [5.41, 5.74) is 3.95. The fourth-order valence-electron chi connectivity index (χ4n) is 3.83. The number of nitrogens with zero attached hydrogens (tertiary/aromatic N) is 2. The van der Waals surface area contributed by atoms with Crippen molar-refractivity contribution >= 4 is 12.4 Å². The molecule has 31 heavy (non-hydrogen) atoms. The molecule has 0 saturated heterocycles. The predicted octanol–water partition coefficient (Wildman–Crippen LogP) is 6.15. The highest BCUT2D eigenvalue weighted by Crippen LogP contribution is 2.29. The van der Waals surface area contributed by atoms with Crippen molar-refractivity contribution in [3.63, 3.8) is 0 Å². The molecule has 1 fully saturated rings. The van der Waals surface area contributed by atoms with Crippen LogP contribution in [0.1, 0.15) is 83.1 Å². The quantitative estimate of drug-likeness (QED) is 0.582. The molecule has 2 aromatic carbocycles. The van der Waals surface area contributed by atoms with Gasteiger partial charge in [0.05, 0.1) is 12.1 Å². The second kappa shape index (κ2) is 8.86. The highest BCUT2D eigenvalue weighted by molar-refractivity contribution is 5.84. The number of phenols is 2. The van der Waals surface area contributed by atoms with Crippen molar-refractivity contribution in [2.45, 2.75) is 83.7 Å². The Labute approximate surface area is 186 Å². The number of aromatic hydroxyl groups is 2. The summed E-state index contributed by atoms with van der Waals surface area (Å²) >= 11 is 0. The molecule has 2 aromatic rings. The van der Waals surface area contributed by atoms with Crippen LogP contribution in [0.3, 0.4) is 0 Å². The van der Waals surface area contributed by atoms with Crippen LogP contribution in [0.4, 0.5) is 0 Å². The molecule has 0 aromatic heterocycles. The molecule has 4 heteroatoms. The van der Waals surface area contributed by atoms with E-state index in [1.807, 2.05) is 24.3 Å². The largest absolute Gasteiger partial charge is 0.507 e. The Kier molecular flexibility index (Phi) is 6.59. The molecule has 166 valence electrons. The van der Waals surface area contributed by atoms with Crippen LogP contribution in [0.25, 0.3) is 0 Å². The normalized spacial score (nSPS) is 20.2. The lowest BCUT2D eigenvalue weighted by Gasteiger charge is -2.19. The number of rotatable bonds is 4. The van der Waals surface area contributed by atoms with E-state index < -0.39 is 0 Å². The first kappa shape index (κ1) is 23.1. The molecule has 3 rings (SSSR count). The SMILES string of the molecule is CC(C)(C)c1ccc(O)c(C=NC2CCC(N=Cc3cc(C(C)(C)C)ccc3O)C2)c1. The lowest BCUT2D eigenvalue weighted by molar-refractivity contribution is 0.472. The lowest BCUT2D eigenvalue weighted by atomic mass is 9.86. The van der Waals surface area contributed by atoms with Crippen LogP contribution in [0, 0.1) is 0 Å². The minimum absolute atomic E-state index is 0.0271. The van der Waals surface area contributed by atoms with Crippen LogP contribution in [0.5, 0.6) is 11.5 Å². The fraction of sp³-hybridized carbons (Fsp3) is 0.481. The van der Waals surface area contributed by atoms with Crippen LogP contribution in [-0.4, -0.2) is 34.7 Å². The van der Waals surface area contributed by atoms with Gasteiger partial charge in [0.1, 0.15) is 11.5 Å². The number of hydrogen-bond acceptors (Lipinski definition) is 4. The third-order valence-corrected chi connectivity index (χ3v) is 6.01. The van der Waals surface area contributed by atoms with E-state index in [0.29, 0.717) is 0 Å². The Bertz CT molecular complexity index is 898. The maximum atomic E-state index is 10.2. The summed E-state index contributed by atoms with van der Waals surface area (Å²) in [6.07, 6.45) is 6.45. The first-order valence-electron chi connectivity index (χ1n) is 11.2. The smallest absolute Gasteiger partial charge is 0.124 e. The maximum Gasteiger partial charge on any atom is 0.124 e. The van der Waals surface area contributed by atoms with Crippen molar-refractivity contribution in [2.24, 2.45) is 9.98 Å². The topological polar surface area (TPSA) is 65.2 Å². The highest BCUT2D eigenvalue weighted by Gasteiger charge is 2.23. The van der Waals surface area contributed by atoms with Crippen molar-refractivity contribution in [2.75, 3.05) is 0 Å². The molecular weight excluding hydrogens is 384 g/mol. The van der Waals surface area contributed by atoms with Crippen LogP contribution in [-0.2, 0) is 10.8 Å². The third kappa shape index (κ3) is 5.96. The van der Waals surface area contributed by atoms with Crippen LogP contribution < -0.4 is 0 Å². The average molecular weight is 421 g/mol. The third-order valence-electron chi connectivity index (χ3n) is 6.01. The van der Waals surface area contributed by atoms with Gasteiger partial charge < -0.3 is 10.2 Å². The Morgan fingerprint density at radius 1 is 0.710 bits per heavy atom. The van der Waals surface area contributed by atoms with E-state index in [4.69, 9.17) is 9.98 Å². The van der Waals surface area contributed by atoms with E-state index >= 15 is 0 Å². The zero-order valence-electron chi connectivity index (χ0n) is 19.7. The molecule has 0 amide bonds. The highest BCUT2D eigenvalue weighted by atomic mass is 16.3. The van der Waals surface area contributed by atoms with E-state index in [0.717, 1.165) is 30.4 Å². The molecule has 1 aliphatic carbocycles. The summed E-state index contributed by atoms with van der Waals surface area (Å²) < 4.78 is 0. The summed E-state index contributed by atoms with van der Waals surface area (Å²) in [5, 5.41) is 20.4. The molecule has 2 N–H and O–H groups in total. The number of phenolic OH excluding ortho intramolecular Hbond substituents is 2. The monoisotopic (exact) mass is 420 g/mol. The molecule has 0 radical (unpaired) electrons. The minimum atomic E-state index is 0.0271. The van der Waals surface area contributed by atoms with Crippen LogP contribution in [0.2, 0.25) is 0 Å². The molecule has 0 aliphatic heterocycles. The van der Waals surface area contributed by atoms with Gasteiger partial charge in [0.2, 0.25) is 0 Å². The second-order valence-corrected chi connectivity index (χ2v) is 10.7. The van der Waals surface area contributed by atoms with Crippen molar-refractivity contribution in [1.82, 2.24) is 0 Å². The van der Waals surface area contributed by atoms with Gasteiger partial charge in [-0.1, -0.05) is 53.7 Å². The van der Waals surface area contributed by atoms with Gasteiger partial charge in [0.15, 0.2) is 0 Å². The van der Waals surface area contributed by atoms with Crippen molar-refractivity contribution in [3.8, 4) is 11.5 Å². The van der Waals surface area contributed by atoms with Gasteiger partial charge in [0.25, 0.3) is 0 Å². The summed E-state index contributed by atoms with van der Waals surface area (Å²) in [4.78, 5) is 9.48. The summed E-state index contributed by atoms with van der Waals surface area (Å²) in [6, 6.07) is 11.9. The standard InChI is InChI=1S/C27H36N2O2/c1-26(2,3)20-7-11-24(30)18(13-20)16-28-22-9-10-23(15-22)29-17-19-14-21(27(4,5)6)8-12-25(19)31/h7-8,11-14,16-17,22-23,30-31H,9-10,15H2,1-6H3. The molecule has 4 nitrogen and oxygen atoms in total. The van der Waals surface area contributed by atoms with Crippen molar-refractivity contribution < 1.29 is 10.2 Å². The van der Waals surface area contributed by atoms with Crippen molar-refractivity contribution in [1.29, 1.82) is 0 Å². The van der Waals surface area contributed by atoms with E-state index in [9.17, 15) is 10.2 Å². The zero-order chi connectivity index (χ0) is 22.8. The van der Waals surface area contributed by atoms with Crippen molar-refractivity contribution in [3.05, 3.63) is 58.7 Å². The molecule has 0 bridgehead atoms. The lowest BCUT2D eigenvalue weighted by Crippen LogP contribution is -2.11. The fourth-order valence-corrected chi connectivity index (χ4v) is 3.83. The van der Waals surface area contributed by atoms with Gasteiger partial charge in [-0.25, -0.2) is 0 Å². The number of benzene rings is 2. The van der Waals surface area contributed by atoms with E-state index in [1.165, 1.54) is 11.1 Å². The Morgan fingerprint density at radius 2 is 1.10 bits per heavy atom. The second-order valence-electron chi connectivity index (χ2n) is 10.7. The van der Waals surface area contributed by atoms with E-state index in [2.05, 4.69) is 41.5 Å². The number of aliphatic imine (C=N–C) groups is 2. The summed E-state index contributed by atoms with van der Waals surface area (Å²) in [7, 11) is 0. The first-order chi connectivity index (χ1) is 14.4. The van der Waals surface area contributed by atoms with Gasteiger partial charge in [-0.05, 0) is 65.5 Å². The molecule has 1 aliphatic rings. The molecule has 2 atom stereocenters. The Morgan fingerprint density at radius 3 is 1.45 bits per heavy atom. The van der Waals surface area contributed by atoms with Gasteiger partial charge in [0, 0.05) is 23.6 Å². The molecule has 2 unspecified atom stereocenters. The Hall–Kier alpha value is -2.62. The van der Waals surface area contributed by atoms with E-state index in [1.54, 1.807) is 24.6 Å². The average Bonchev–Trinajstić information content (AvgIpc) is 3.12. The molecule has 0 spiro atoms. The van der Waals surface area contributed by atoms with Crippen LogP contribution >= 0.6 is 0 Å². The van der Waals surface area contributed by atoms with E-state index in [-0.39, 0.29) is 34.4 Å².